The molecule has 2 N–H and O–H groups in total. The van der Waals surface area contributed by atoms with Crippen LogP contribution in [0.5, 0.6) is 0 Å². The third kappa shape index (κ3) is 2.76. The Morgan fingerprint density at radius 1 is 1.04 bits per heavy atom. The van der Waals surface area contributed by atoms with Gasteiger partial charge in [0.05, 0.1) is 5.41 Å². The van der Waals surface area contributed by atoms with E-state index in [0.29, 0.717) is 22.3 Å². The van der Waals surface area contributed by atoms with Gasteiger partial charge >= 0.3 is 0 Å². The smallest absolute Gasteiger partial charge is 0.251 e. The van der Waals surface area contributed by atoms with Crippen LogP contribution in [-0.2, 0) is 4.79 Å². The number of anilines is 1. The standard InChI is InChI=1S/C21H28N2O2/c1-19-8-14-9-20(2,11-19)13-21(10-14,12-19)18(25)23-16-6-4-5-15(7-16)17(24)22-3/h4-7,14H,8-13H2,1-3H3,(H,22,24)(H,23,25). The van der Waals surface area contributed by atoms with Gasteiger partial charge in [0.25, 0.3) is 5.91 Å². The number of benzene rings is 1. The molecule has 2 amide bonds. The van der Waals surface area contributed by atoms with Crippen molar-refractivity contribution < 1.29 is 9.59 Å². The second-order valence-electron chi connectivity index (χ2n) is 9.52. The molecule has 4 saturated carbocycles. The van der Waals surface area contributed by atoms with Crippen LogP contribution in [0.1, 0.15) is 62.7 Å². The summed E-state index contributed by atoms with van der Waals surface area (Å²) in [7, 11) is 1.62. The topological polar surface area (TPSA) is 58.2 Å². The van der Waals surface area contributed by atoms with Crippen LogP contribution < -0.4 is 10.6 Å². The third-order valence-electron chi connectivity index (χ3n) is 6.72. The summed E-state index contributed by atoms with van der Waals surface area (Å²) in [4.78, 5) is 25.1. The molecule has 4 fully saturated rings. The van der Waals surface area contributed by atoms with Crippen molar-refractivity contribution in [2.45, 2.75) is 52.4 Å². The average molecular weight is 340 g/mol. The first kappa shape index (κ1) is 16.6. The molecule has 4 bridgehead atoms. The molecule has 0 aromatic heterocycles. The Morgan fingerprint density at radius 3 is 2.32 bits per heavy atom. The van der Waals surface area contributed by atoms with E-state index in [0.717, 1.165) is 24.9 Å². The van der Waals surface area contributed by atoms with Crippen LogP contribution in [0.2, 0.25) is 0 Å². The second-order valence-corrected chi connectivity index (χ2v) is 9.52. The van der Waals surface area contributed by atoms with Crippen LogP contribution in [0.15, 0.2) is 24.3 Å². The van der Waals surface area contributed by atoms with E-state index in [1.165, 1.54) is 19.3 Å². The number of nitrogens with one attached hydrogen (secondary N) is 2. The van der Waals surface area contributed by atoms with Crippen molar-refractivity contribution >= 4 is 17.5 Å². The lowest BCUT2D eigenvalue weighted by molar-refractivity contribution is -0.165. The van der Waals surface area contributed by atoms with E-state index in [1.807, 2.05) is 12.1 Å². The van der Waals surface area contributed by atoms with E-state index in [2.05, 4.69) is 24.5 Å². The summed E-state index contributed by atoms with van der Waals surface area (Å²) in [6.45, 7) is 4.76. The zero-order valence-corrected chi connectivity index (χ0v) is 15.4. The quantitative estimate of drug-likeness (QED) is 0.874. The van der Waals surface area contributed by atoms with Crippen molar-refractivity contribution in [3.05, 3.63) is 29.8 Å². The van der Waals surface area contributed by atoms with Crippen LogP contribution in [0.3, 0.4) is 0 Å². The number of rotatable bonds is 3. The summed E-state index contributed by atoms with van der Waals surface area (Å²) in [6.07, 6.45) is 6.87. The van der Waals surface area contributed by atoms with Gasteiger partial charge in [0.15, 0.2) is 0 Å². The van der Waals surface area contributed by atoms with Crippen molar-refractivity contribution in [3.8, 4) is 0 Å². The molecule has 1 aromatic rings. The summed E-state index contributed by atoms with van der Waals surface area (Å²) in [6, 6.07) is 7.22. The van der Waals surface area contributed by atoms with Gasteiger partial charge in [0, 0.05) is 18.3 Å². The molecule has 1 aromatic carbocycles. The molecule has 4 heteroatoms. The number of hydrogen-bond acceptors (Lipinski definition) is 2. The van der Waals surface area contributed by atoms with Gasteiger partial charge in [-0.3, -0.25) is 9.59 Å². The van der Waals surface area contributed by atoms with Gasteiger partial charge in [-0.25, -0.2) is 0 Å². The Balaban J connectivity index is 1.58. The molecule has 0 saturated heterocycles. The zero-order chi connectivity index (χ0) is 17.9. The van der Waals surface area contributed by atoms with E-state index >= 15 is 0 Å². The zero-order valence-electron chi connectivity index (χ0n) is 15.4. The predicted molar refractivity (Wildman–Crippen MR) is 98.3 cm³/mol. The Hall–Kier alpha value is -1.84. The molecule has 2 atom stereocenters. The molecule has 2 unspecified atom stereocenters. The molecular formula is C21H28N2O2. The largest absolute Gasteiger partial charge is 0.355 e. The highest BCUT2D eigenvalue weighted by Crippen LogP contribution is 2.69. The van der Waals surface area contributed by atoms with Gasteiger partial charge in [0.1, 0.15) is 0 Å². The first-order valence-electron chi connectivity index (χ1n) is 9.39. The molecule has 4 aliphatic rings. The summed E-state index contributed by atoms with van der Waals surface area (Å²) in [5, 5.41) is 5.76. The van der Waals surface area contributed by atoms with Crippen molar-refractivity contribution in [1.82, 2.24) is 5.32 Å². The molecule has 5 rings (SSSR count). The van der Waals surface area contributed by atoms with Crippen LogP contribution in [0.25, 0.3) is 0 Å². The van der Waals surface area contributed by atoms with Gasteiger partial charge in [-0.2, -0.15) is 0 Å². The third-order valence-corrected chi connectivity index (χ3v) is 6.72. The Bertz CT molecular complexity index is 723. The predicted octanol–water partition coefficient (Wildman–Crippen LogP) is 3.98. The molecule has 134 valence electrons. The van der Waals surface area contributed by atoms with E-state index in [9.17, 15) is 9.59 Å². The van der Waals surface area contributed by atoms with E-state index in [4.69, 9.17) is 0 Å². The van der Waals surface area contributed by atoms with Gasteiger partial charge in [-0.1, -0.05) is 19.9 Å². The minimum atomic E-state index is -0.230. The molecule has 25 heavy (non-hydrogen) atoms. The lowest BCUT2D eigenvalue weighted by Gasteiger charge is -2.64. The van der Waals surface area contributed by atoms with Gasteiger partial charge < -0.3 is 10.6 Å². The second kappa shape index (κ2) is 5.33. The Kier molecular flexibility index (Phi) is 3.54. The van der Waals surface area contributed by atoms with Gasteiger partial charge in [0.2, 0.25) is 5.91 Å². The molecule has 0 aliphatic heterocycles. The average Bonchev–Trinajstić information content (AvgIpc) is 2.51. The van der Waals surface area contributed by atoms with E-state index in [1.54, 1.807) is 19.2 Å². The van der Waals surface area contributed by atoms with Crippen molar-refractivity contribution in [2.24, 2.45) is 22.2 Å². The number of hydrogen-bond donors (Lipinski definition) is 2. The highest BCUT2D eigenvalue weighted by Gasteiger charge is 2.62. The minimum Gasteiger partial charge on any atom is -0.355 e. The fraction of sp³-hybridized carbons (Fsp3) is 0.619. The molecule has 0 heterocycles. The SMILES string of the molecule is CNC(=O)c1cccc(NC(=O)C23CC4CC(C)(CC(C)(C4)C2)C3)c1. The summed E-state index contributed by atoms with van der Waals surface area (Å²) in [5.74, 6) is 0.711. The fourth-order valence-corrected chi connectivity index (χ4v) is 6.85. The first-order chi connectivity index (χ1) is 11.7. The number of carbonyl (C=O) groups is 2. The highest BCUT2D eigenvalue weighted by atomic mass is 16.2. The van der Waals surface area contributed by atoms with E-state index in [-0.39, 0.29) is 17.2 Å². The summed E-state index contributed by atoms with van der Waals surface area (Å²) in [5.41, 5.74) is 1.69. The minimum absolute atomic E-state index is 0.133. The molecular weight excluding hydrogens is 312 g/mol. The lowest BCUT2D eigenvalue weighted by Crippen LogP contribution is -2.58. The Morgan fingerprint density at radius 2 is 1.72 bits per heavy atom. The molecule has 0 spiro atoms. The van der Waals surface area contributed by atoms with Crippen molar-refractivity contribution in [3.63, 3.8) is 0 Å². The monoisotopic (exact) mass is 340 g/mol. The van der Waals surface area contributed by atoms with Gasteiger partial charge in [-0.15, -0.1) is 0 Å². The van der Waals surface area contributed by atoms with Crippen molar-refractivity contribution in [2.75, 3.05) is 12.4 Å². The van der Waals surface area contributed by atoms with E-state index < -0.39 is 0 Å². The van der Waals surface area contributed by atoms with Crippen LogP contribution in [0.4, 0.5) is 5.69 Å². The summed E-state index contributed by atoms with van der Waals surface area (Å²) < 4.78 is 0. The first-order valence-corrected chi connectivity index (χ1v) is 9.39. The fourth-order valence-electron chi connectivity index (χ4n) is 6.85. The number of carbonyl (C=O) groups excluding carboxylic acids is 2. The lowest BCUT2D eigenvalue weighted by atomic mass is 9.40. The van der Waals surface area contributed by atoms with Crippen LogP contribution in [0, 0.1) is 22.2 Å². The van der Waals surface area contributed by atoms with Crippen molar-refractivity contribution in [1.29, 1.82) is 0 Å². The summed E-state index contributed by atoms with van der Waals surface area (Å²) >= 11 is 0. The maximum atomic E-state index is 13.3. The Labute approximate surface area is 149 Å². The molecule has 0 radical (unpaired) electrons. The highest BCUT2D eigenvalue weighted by molar-refractivity contribution is 5.99. The maximum Gasteiger partial charge on any atom is 0.251 e. The maximum absolute atomic E-state index is 13.3. The molecule has 4 aliphatic carbocycles. The normalized spacial score (nSPS) is 38.4. The van der Waals surface area contributed by atoms with Crippen LogP contribution >= 0.6 is 0 Å². The van der Waals surface area contributed by atoms with Gasteiger partial charge in [-0.05, 0) is 73.5 Å². The molecule has 4 nitrogen and oxygen atoms in total. The van der Waals surface area contributed by atoms with Crippen LogP contribution in [-0.4, -0.2) is 18.9 Å². The number of amides is 2.